The Morgan fingerprint density at radius 1 is 0.384 bits per heavy atom. The highest BCUT2D eigenvalue weighted by Gasteiger charge is 2.18. The van der Waals surface area contributed by atoms with E-state index >= 15 is 0 Å². The average molecular weight is 1030 g/mol. The number of hydrogen-bond acceptors (Lipinski definition) is 5. The Morgan fingerprint density at radius 3 is 1.07 bits per heavy atom. The van der Waals surface area contributed by atoms with Gasteiger partial charge in [-0.1, -0.05) is 314 Å². The van der Waals surface area contributed by atoms with E-state index in [-0.39, 0.29) is 18.5 Å². The van der Waals surface area contributed by atoms with Gasteiger partial charge in [-0.15, -0.1) is 0 Å². The van der Waals surface area contributed by atoms with E-state index in [4.69, 9.17) is 4.74 Å². The Hall–Kier alpha value is -1.92. The topological polar surface area (TPSA) is 95.9 Å². The van der Waals surface area contributed by atoms with Gasteiger partial charge in [0.2, 0.25) is 5.91 Å². The highest BCUT2D eigenvalue weighted by molar-refractivity contribution is 5.76. The van der Waals surface area contributed by atoms with Crippen molar-refractivity contribution in [3.05, 3.63) is 36.5 Å². The Balaban J connectivity index is 3.31. The van der Waals surface area contributed by atoms with Crippen LogP contribution in [0.4, 0.5) is 0 Å². The molecule has 430 valence electrons. The lowest BCUT2D eigenvalue weighted by molar-refractivity contribution is -0.143. The highest BCUT2D eigenvalue weighted by Crippen LogP contribution is 2.18. The lowest BCUT2D eigenvalue weighted by Crippen LogP contribution is -2.45. The number of nitrogens with one attached hydrogen (secondary N) is 1. The zero-order chi connectivity index (χ0) is 52.9. The van der Waals surface area contributed by atoms with Crippen LogP contribution in [0.5, 0.6) is 0 Å². The Morgan fingerprint density at radius 2 is 0.685 bits per heavy atom. The lowest BCUT2D eigenvalue weighted by Gasteiger charge is -2.20. The monoisotopic (exact) mass is 1030 g/mol. The number of unbranched alkanes of at least 4 members (excludes halogenated alkanes) is 46. The van der Waals surface area contributed by atoms with E-state index in [2.05, 4.69) is 43.5 Å². The minimum atomic E-state index is -0.840. The van der Waals surface area contributed by atoms with E-state index in [9.17, 15) is 19.8 Å². The molecular weight excluding hydrogens is 899 g/mol. The maximum Gasteiger partial charge on any atom is 0.305 e. The van der Waals surface area contributed by atoms with E-state index < -0.39 is 12.1 Å². The molecule has 0 fully saturated rings. The van der Waals surface area contributed by atoms with Crippen molar-refractivity contribution in [2.24, 2.45) is 0 Å². The summed E-state index contributed by atoms with van der Waals surface area (Å²) in [4.78, 5) is 24.5. The molecule has 0 bridgehead atoms. The third kappa shape index (κ3) is 59.2. The van der Waals surface area contributed by atoms with Crippen LogP contribution in [-0.4, -0.2) is 47.4 Å². The van der Waals surface area contributed by atoms with Gasteiger partial charge in [0.1, 0.15) is 0 Å². The number of aliphatic hydroxyl groups is 2. The number of ether oxygens (including phenoxy) is 1. The zero-order valence-corrected chi connectivity index (χ0v) is 49.1. The van der Waals surface area contributed by atoms with Gasteiger partial charge in [0.15, 0.2) is 0 Å². The van der Waals surface area contributed by atoms with Crippen LogP contribution in [0.15, 0.2) is 36.5 Å². The van der Waals surface area contributed by atoms with E-state index in [1.54, 1.807) is 6.08 Å². The summed E-state index contributed by atoms with van der Waals surface area (Å²) in [7, 11) is 0. The van der Waals surface area contributed by atoms with Crippen LogP contribution < -0.4 is 5.32 Å². The van der Waals surface area contributed by atoms with E-state index in [1.165, 1.54) is 276 Å². The molecule has 0 aromatic heterocycles. The Bertz CT molecular complexity index is 1180. The van der Waals surface area contributed by atoms with Crippen LogP contribution in [0.1, 0.15) is 354 Å². The van der Waals surface area contributed by atoms with Gasteiger partial charge in [0, 0.05) is 12.8 Å². The van der Waals surface area contributed by atoms with Crippen molar-refractivity contribution in [2.75, 3.05) is 13.2 Å². The quantitative estimate of drug-likeness (QED) is 0.0320. The van der Waals surface area contributed by atoms with Gasteiger partial charge in [-0.2, -0.15) is 0 Å². The zero-order valence-electron chi connectivity index (χ0n) is 49.1. The van der Waals surface area contributed by atoms with Gasteiger partial charge < -0.3 is 20.3 Å². The van der Waals surface area contributed by atoms with Gasteiger partial charge >= 0.3 is 5.97 Å². The molecule has 0 heterocycles. The first-order chi connectivity index (χ1) is 36.0. The number of amides is 1. The molecule has 0 rings (SSSR count). The summed E-state index contributed by atoms with van der Waals surface area (Å²) in [5.74, 6) is -0.0521. The number of carbonyl (C=O) groups is 2. The second kappa shape index (κ2) is 62.6. The molecule has 6 nitrogen and oxygen atoms in total. The van der Waals surface area contributed by atoms with Crippen molar-refractivity contribution in [2.45, 2.75) is 366 Å². The van der Waals surface area contributed by atoms with Crippen LogP contribution >= 0.6 is 0 Å². The first kappa shape index (κ1) is 71.1. The number of carbonyl (C=O) groups excluding carboxylic acids is 2. The minimum absolute atomic E-state index is 0.0147. The third-order valence-electron chi connectivity index (χ3n) is 15.2. The summed E-state index contributed by atoms with van der Waals surface area (Å²) >= 11 is 0. The molecule has 0 aliphatic carbocycles. The number of aliphatic hydroxyl groups excluding tert-OH is 2. The number of esters is 1. The largest absolute Gasteiger partial charge is 0.466 e. The molecule has 0 radical (unpaired) electrons. The van der Waals surface area contributed by atoms with Gasteiger partial charge in [0.05, 0.1) is 25.4 Å². The molecule has 73 heavy (non-hydrogen) atoms. The van der Waals surface area contributed by atoms with Gasteiger partial charge in [-0.05, 0) is 64.2 Å². The maximum absolute atomic E-state index is 12.4. The van der Waals surface area contributed by atoms with Crippen molar-refractivity contribution < 1.29 is 24.5 Å². The van der Waals surface area contributed by atoms with Gasteiger partial charge in [0.25, 0.3) is 0 Å². The maximum atomic E-state index is 12.4. The van der Waals surface area contributed by atoms with Crippen molar-refractivity contribution >= 4 is 11.9 Å². The average Bonchev–Trinajstić information content (AvgIpc) is 3.39. The fourth-order valence-corrected chi connectivity index (χ4v) is 10.1. The predicted octanol–water partition coefficient (Wildman–Crippen LogP) is 20.8. The van der Waals surface area contributed by atoms with E-state index in [0.717, 1.165) is 51.4 Å². The van der Waals surface area contributed by atoms with Gasteiger partial charge in [-0.25, -0.2) is 0 Å². The van der Waals surface area contributed by atoms with Crippen LogP contribution in [0.25, 0.3) is 0 Å². The summed E-state index contributed by atoms with van der Waals surface area (Å²) in [5.41, 5.74) is 0. The normalized spacial score (nSPS) is 12.8. The standard InChI is InChI=1S/C67H127NO5/c1-3-5-7-9-11-13-14-15-16-17-28-32-35-38-41-45-49-53-57-61-67(72)73-62-58-54-50-46-42-39-36-33-30-27-25-23-21-19-18-20-22-24-26-29-31-34-37-40-44-48-52-56-60-66(71)68-64(63-69)65(70)59-55-51-47-43-12-10-8-6-4-2/h11,13,15-16,55,59,64-65,69-70H,3-10,12,14,17-54,56-58,60-63H2,1-2H3,(H,68,71)/b13-11-,16-15-,59-55+. The molecule has 0 aliphatic heterocycles. The van der Waals surface area contributed by atoms with E-state index in [0.29, 0.717) is 19.4 Å². The molecule has 2 atom stereocenters. The molecule has 1 amide bonds. The Kier molecular flexibility index (Phi) is 61.0. The fourth-order valence-electron chi connectivity index (χ4n) is 10.1. The molecule has 0 spiro atoms. The lowest BCUT2D eigenvalue weighted by atomic mass is 10.0. The predicted molar refractivity (Wildman–Crippen MR) is 319 cm³/mol. The van der Waals surface area contributed by atoms with Crippen LogP contribution in [-0.2, 0) is 14.3 Å². The molecule has 2 unspecified atom stereocenters. The first-order valence-corrected chi connectivity index (χ1v) is 32.8. The van der Waals surface area contributed by atoms with Gasteiger partial charge in [-0.3, -0.25) is 9.59 Å². The summed E-state index contributed by atoms with van der Waals surface area (Å²) in [6.45, 7) is 4.87. The smallest absolute Gasteiger partial charge is 0.305 e. The molecule has 0 saturated carbocycles. The molecule has 6 heteroatoms. The SMILES string of the molecule is CCCCC/C=C\C/C=C\CCCCCCCCCCCC(=O)OCCCCCCCCCCCCCCCCCCCCCCCCCCCCCCC(=O)NC(CO)C(O)/C=C/CCCCCCCCC. The minimum Gasteiger partial charge on any atom is -0.466 e. The molecule has 0 saturated heterocycles. The summed E-state index contributed by atoms with van der Waals surface area (Å²) < 4.78 is 5.50. The summed E-state index contributed by atoms with van der Waals surface area (Å²) in [5, 5.41) is 23.0. The molecule has 3 N–H and O–H groups in total. The summed E-state index contributed by atoms with van der Waals surface area (Å²) in [6.07, 6.45) is 79.3. The van der Waals surface area contributed by atoms with Crippen LogP contribution in [0.2, 0.25) is 0 Å². The van der Waals surface area contributed by atoms with Crippen LogP contribution in [0, 0.1) is 0 Å². The number of rotatable bonds is 61. The van der Waals surface area contributed by atoms with E-state index in [1.807, 2.05) is 6.08 Å². The van der Waals surface area contributed by atoms with Crippen molar-refractivity contribution in [3.8, 4) is 0 Å². The molecule has 0 aliphatic rings. The first-order valence-electron chi connectivity index (χ1n) is 32.8. The molecule has 0 aromatic carbocycles. The number of allylic oxidation sites excluding steroid dienone is 5. The third-order valence-corrected chi connectivity index (χ3v) is 15.2. The molecular formula is C67H127NO5. The highest BCUT2D eigenvalue weighted by atomic mass is 16.5. The van der Waals surface area contributed by atoms with Crippen molar-refractivity contribution in [3.63, 3.8) is 0 Å². The second-order valence-electron chi connectivity index (χ2n) is 22.5. The van der Waals surface area contributed by atoms with Crippen molar-refractivity contribution in [1.29, 1.82) is 0 Å². The summed E-state index contributed by atoms with van der Waals surface area (Å²) in [6, 6.07) is -0.623. The number of hydrogen-bond donors (Lipinski definition) is 3. The fraction of sp³-hybridized carbons (Fsp3) is 0.881. The van der Waals surface area contributed by atoms with Crippen molar-refractivity contribution in [1.82, 2.24) is 5.32 Å². The Labute approximate surface area is 455 Å². The molecule has 0 aromatic rings. The van der Waals surface area contributed by atoms with Crippen LogP contribution in [0.3, 0.4) is 0 Å². The second-order valence-corrected chi connectivity index (χ2v) is 22.5.